The van der Waals surface area contributed by atoms with E-state index in [0.717, 1.165) is 17.8 Å². The molecule has 1 amide bonds. The van der Waals surface area contributed by atoms with Crippen LogP contribution in [0, 0.1) is 6.92 Å². The highest BCUT2D eigenvalue weighted by atomic mass is 35.5. The van der Waals surface area contributed by atoms with Crippen molar-refractivity contribution in [1.82, 2.24) is 14.3 Å². The van der Waals surface area contributed by atoms with Gasteiger partial charge in [-0.3, -0.25) is 18.8 Å². The van der Waals surface area contributed by atoms with Crippen LogP contribution in [0.4, 0.5) is 5.69 Å². The quantitative estimate of drug-likeness (QED) is 0.433. The lowest BCUT2D eigenvalue weighted by atomic mass is 9.95. The van der Waals surface area contributed by atoms with Crippen LogP contribution in [0.1, 0.15) is 36.7 Å². The van der Waals surface area contributed by atoms with E-state index in [1.54, 1.807) is 17.6 Å². The molecular weight excluding hydrogens is 494 g/mol. The molecule has 1 atom stereocenters. The van der Waals surface area contributed by atoms with Gasteiger partial charge in [0.05, 0.1) is 27.5 Å². The Balaban J connectivity index is 1.70. The highest BCUT2D eigenvalue weighted by Gasteiger charge is 2.33. The van der Waals surface area contributed by atoms with Crippen LogP contribution in [0.15, 0.2) is 81.9 Å². The number of hydrogen-bond acceptors (Lipinski definition) is 5. The van der Waals surface area contributed by atoms with Crippen molar-refractivity contribution in [3.05, 3.63) is 114 Å². The molecule has 9 heteroatoms. The predicted molar refractivity (Wildman–Crippen MR) is 143 cm³/mol. The van der Waals surface area contributed by atoms with Crippen LogP contribution in [0.3, 0.4) is 0 Å². The summed E-state index contributed by atoms with van der Waals surface area (Å²) in [6.45, 7) is 6.45. The van der Waals surface area contributed by atoms with Crippen LogP contribution in [0.25, 0.3) is 6.08 Å². The van der Waals surface area contributed by atoms with Gasteiger partial charge in [0.1, 0.15) is 0 Å². The van der Waals surface area contributed by atoms with Crippen LogP contribution >= 0.6 is 22.9 Å². The van der Waals surface area contributed by atoms with Crippen molar-refractivity contribution < 1.29 is 4.79 Å². The van der Waals surface area contributed by atoms with E-state index in [1.807, 2.05) is 79.3 Å². The van der Waals surface area contributed by atoms with Crippen molar-refractivity contribution in [2.45, 2.75) is 33.4 Å². The molecule has 0 bridgehead atoms. The molecule has 0 saturated heterocycles. The smallest absolute Gasteiger partial charge is 0.271 e. The molecule has 0 aliphatic carbocycles. The van der Waals surface area contributed by atoms with Gasteiger partial charge in [0.15, 0.2) is 4.80 Å². The van der Waals surface area contributed by atoms with Gasteiger partial charge in [0.2, 0.25) is 0 Å². The van der Waals surface area contributed by atoms with Crippen LogP contribution in [-0.2, 0) is 11.3 Å². The van der Waals surface area contributed by atoms with E-state index in [9.17, 15) is 9.59 Å². The van der Waals surface area contributed by atoms with Gasteiger partial charge in [-0.25, -0.2) is 4.99 Å². The molecule has 2 aromatic carbocycles. The highest BCUT2D eigenvalue weighted by Crippen LogP contribution is 2.34. The van der Waals surface area contributed by atoms with Gasteiger partial charge in [-0.05, 0) is 50.6 Å². The molecule has 182 valence electrons. The number of hydrogen-bond donors (Lipinski definition) is 1. The van der Waals surface area contributed by atoms with Crippen molar-refractivity contribution in [3.8, 4) is 0 Å². The van der Waals surface area contributed by atoms with E-state index in [1.165, 1.54) is 11.3 Å². The minimum Gasteiger partial charge on any atom is -0.322 e. The lowest BCUT2D eigenvalue weighted by molar-refractivity contribution is -0.113. The van der Waals surface area contributed by atoms with E-state index in [2.05, 4.69) is 15.4 Å². The number of nitrogens with one attached hydrogen (secondary N) is 1. The Bertz CT molecular complexity index is 1680. The number of halogens is 1. The van der Waals surface area contributed by atoms with Crippen LogP contribution in [-0.4, -0.2) is 20.3 Å². The zero-order valence-corrected chi connectivity index (χ0v) is 21.6. The molecule has 1 N–H and O–H groups in total. The topological polar surface area (TPSA) is 81.3 Å². The summed E-state index contributed by atoms with van der Waals surface area (Å²) in [6, 6.07) is 15.7. The van der Waals surface area contributed by atoms with Crippen molar-refractivity contribution in [2.75, 3.05) is 5.32 Å². The number of benzene rings is 2. The Kier molecular flexibility index (Phi) is 6.47. The number of fused-ring (bicyclic) bond motifs is 1. The van der Waals surface area contributed by atoms with E-state index >= 15 is 0 Å². The van der Waals surface area contributed by atoms with E-state index in [-0.39, 0.29) is 11.5 Å². The molecule has 0 saturated carbocycles. The van der Waals surface area contributed by atoms with Gasteiger partial charge in [0, 0.05) is 29.0 Å². The molecule has 7 nitrogen and oxygen atoms in total. The van der Waals surface area contributed by atoms with Gasteiger partial charge >= 0.3 is 0 Å². The van der Waals surface area contributed by atoms with Crippen LogP contribution < -0.4 is 20.2 Å². The summed E-state index contributed by atoms with van der Waals surface area (Å²) in [6.07, 6.45) is 3.76. The summed E-state index contributed by atoms with van der Waals surface area (Å²) in [7, 11) is 0. The van der Waals surface area contributed by atoms with Gasteiger partial charge in [0.25, 0.3) is 11.5 Å². The number of aryl methyl sites for hydroxylation is 2. The second-order valence-electron chi connectivity index (χ2n) is 8.45. The second kappa shape index (κ2) is 9.72. The first-order valence-electron chi connectivity index (χ1n) is 11.5. The fourth-order valence-electron chi connectivity index (χ4n) is 4.30. The van der Waals surface area contributed by atoms with Gasteiger partial charge in [-0.15, -0.1) is 0 Å². The third-order valence-corrected chi connectivity index (χ3v) is 7.42. The summed E-state index contributed by atoms with van der Waals surface area (Å²) >= 11 is 7.91. The fraction of sp³-hybridized carbons (Fsp3) is 0.185. The Morgan fingerprint density at radius 2 is 1.86 bits per heavy atom. The molecule has 0 spiro atoms. The second-order valence-corrected chi connectivity index (χ2v) is 9.87. The first kappa shape index (κ1) is 24.0. The molecule has 1 aliphatic rings. The standard InChI is InChI=1S/C27H24ClN5O2S/c1-4-32-15-18(16(2)31-32)14-22-26(35)33-24(20-12-8-9-13-21(20)28)23(17(3)29-27(33)36-22)25(34)30-19-10-6-5-7-11-19/h5-15,24H,4H2,1-3H3,(H,30,34)/b22-14+. The monoisotopic (exact) mass is 517 g/mol. The van der Waals surface area contributed by atoms with Crippen molar-refractivity contribution in [3.63, 3.8) is 0 Å². The molecule has 1 unspecified atom stereocenters. The lowest BCUT2D eigenvalue weighted by Crippen LogP contribution is -2.40. The molecule has 4 aromatic rings. The maximum atomic E-state index is 13.8. The average molecular weight is 518 g/mol. The zero-order valence-electron chi connectivity index (χ0n) is 20.0. The summed E-state index contributed by atoms with van der Waals surface area (Å²) < 4.78 is 3.92. The number of para-hydroxylation sites is 1. The van der Waals surface area contributed by atoms with Crippen molar-refractivity contribution >= 4 is 40.6 Å². The van der Waals surface area contributed by atoms with E-state index in [4.69, 9.17) is 11.6 Å². The van der Waals surface area contributed by atoms with E-state index < -0.39 is 6.04 Å². The third-order valence-electron chi connectivity index (χ3n) is 6.09. The molecule has 3 heterocycles. The number of amides is 1. The largest absolute Gasteiger partial charge is 0.322 e. The number of anilines is 1. The number of aromatic nitrogens is 3. The molecule has 0 radical (unpaired) electrons. The number of rotatable bonds is 5. The fourth-order valence-corrected chi connectivity index (χ4v) is 5.58. The average Bonchev–Trinajstić information content (AvgIpc) is 3.37. The SMILES string of the molecule is CCn1cc(/C=c2/sc3n(c2=O)C(c2ccccc2Cl)C(C(=O)Nc2ccccc2)=C(C)N=3)c(C)n1. The number of carbonyl (C=O) groups excluding carboxylic acids is 1. The number of thiazole rings is 1. The molecule has 5 rings (SSSR count). The lowest BCUT2D eigenvalue weighted by Gasteiger charge is -2.26. The number of carbonyl (C=O) groups is 1. The number of nitrogens with zero attached hydrogens (tertiary/aromatic N) is 4. The van der Waals surface area contributed by atoms with Crippen molar-refractivity contribution in [2.24, 2.45) is 4.99 Å². The van der Waals surface area contributed by atoms with E-state index in [0.29, 0.717) is 36.9 Å². The Hall–Kier alpha value is -3.75. The minimum atomic E-state index is -0.722. The summed E-state index contributed by atoms with van der Waals surface area (Å²) in [4.78, 5) is 32.6. The number of allylic oxidation sites excluding steroid dienone is 1. The Morgan fingerprint density at radius 3 is 2.56 bits per heavy atom. The first-order chi connectivity index (χ1) is 17.4. The summed E-state index contributed by atoms with van der Waals surface area (Å²) in [5.74, 6) is -0.332. The van der Waals surface area contributed by atoms with Gasteiger partial charge < -0.3 is 5.32 Å². The summed E-state index contributed by atoms with van der Waals surface area (Å²) in [5.41, 5.74) is 3.70. The first-order valence-corrected chi connectivity index (χ1v) is 12.7. The third kappa shape index (κ3) is 4.34. The minimum absolute atomic E-state index is 0.232. The zero-order chi connectivity index (χ0) is 25.4. The molecular formula is C27H24ClN5O2S. The van der Waals surface area contributed by atoms with Gasteiger partial charge in [-0.2, -0.15) is 5.10 Å². The molecule has 36 heavy (non-hydrogen) atoms. The molecule has 1 aliphatic heterocycles. The van der Waals surface area contributed by atoms with Gasteiger partial charge in [-0.1, -0.05) is 59.3 Å². The molecule has 2 aromatic heterocycles. The van der Waals surface area contributed by atoms with Crippen molar-refractivity contribution in [1.29, 1.82) is 0 Å². The normalized spacial score (nSPS) is 15.6. The predicted octanol–water partition coefficient (Wildman–Crippen LogP) is 4.05. The Labute approximate surface area is 216 Å². The molecule has 0 fully saturated rings. The highest BCUT2D eigenvalue weighted by molar-refractivity contribution is 7.07. The van der Waals surface area contributed by atoms with Crippen LogP contribution in [0.5, 0.6) is 0 Å². The Morgan fingerprint density at radius 1 is 1.14 bits per heavy atom. The maximum absolute atomic E-state index is 13.8. The van der Waals surface area contributed by atoms with Crippen LogP contribution in [0.2, 0.25) is 5.02 Å². The summed E-state index contributed by atoms with van der Waals surface area (Å²) in [5, 5.41) is 7.89. The maximum Gasteiger partial charge on any atom is 0.271 e.